The van der Waals surface area contributed by atoms with Crippen molar-refractivity contribution in [3.8, 4) is 5.75 Å². The molecule has 1 aromatic carbocycles. The third-order valence-corrected chi connectivity index (χ3v) is 5.66. The van der Waals surface area contributed by atoms with Crippen LogP contribution in [0.15, 0.2) is 47.5 Å². The molecule has 6 nitrogen and oxygen atoms in total. The van der Waals surface area contributed by atoms with E-state index in [0.717, 1.165) is 48.2 Å². The van der Waals surface area contributed by atoms with Gasteiger partial charge >= 0.3 is 0 Å². The summed E-state index contributed by atoms with van der Waals surface area (Å²) in [6, 6.07) is 9.31. The fourth-order valence-electron chi connectivity index (χ4n) is 3.63. The predicted molar refractivity (Wildman–Crippen MR) is 135 cm³/mol. The van der Waals surface area contributed by atoms with Crippen molar-refractivity contribution in [2.75, 3.05) is 18.4 Å². The van der Waals surface area contributed by atoms with Crippen molar-refractivity contribution in [3.05, 3.63) is 63.7 Å². The summed E-state index contributed by atoms with van der Waals surface area (Å²) in [5.74, 6) is -0.208. The van der Waals surface area contributed by atoms with Crippen molar-refractivity contribution in [3.63, 3.8) is 0 Å². The smallest absolute Gasteiger partial charge is 0.223 e. The number of aromatic nitrogens is 2. The lowest BCUT2D eigenvalue weighted by Crippen LogP contribution is -2.19. The number of aryl methyl sites for hydroxylation is 1. The summed E-state index contributed by atoms with van der Waals surface area (Å²) in [5.41, 5.74) is 2.57. The first-order valence-electron chi connectivity index (χ1n) is 10.9. The number of rotatable bonds is 12. The maximum absolute atomic E-state index is 11.5. The van der Waals surface area contributed by atoms with Crippen LogP contribution in [0.2, 0.25) is 5.02 Å². The molecular formula is C24H32Cl2N4O2. The Labute approximate surface area is 200 Å². The summed E-state index contributed by atoms with van der Waals surface area (Å²) in [6.07, 6.45) is 10.4. The number of benzene rings is 1. The second-order valence-corrected chi connectivity index (χ2v) is 8.31. The Balaban J connectivity index is 0.00000363. The second kappa shape index (κ2) is 13.3. The number of aromatic hydroxyl groups is 1. The minimum Gasteiger partial charge on any atom is -0.503 e. The van der Waals surface area contributed by atoms with Crippen LogP contribution in [0.3, 0.4) is 0 Å². The van der Waals surface area contributed by atoms with E-state index in [4.69, 9.17) is 11.6 Å². The molecule has 0 atom stereocenters. The highest BCUT2D eigenvalue weighted by atomic mass is 35.5. The van der Waals surface area contributed by atoms with Crippen LogP contribution in [0.1, 0.15) is 44.2 Å². The molecule has 0 aliphatic carbocycles. The summed E-state index contributed by atoms with van der Waals surface area (Å²) >= 11 is 6.05. The lowest BCUT2D eigenvalue weighted by atomic mass is 10.1. The Hall–Kier alpha value is -2.28. The van der Waals surface area contributed by atoms with Gasteiger partial charge in [-0.2, -0.15) is 0 Å². The lowest BCUT2D eigenvalue weighted by Gasteiger charge is -2.10. The average molecular weight is 479 g/mol. The van der Waals surface area contributed by atoms with Crippen LogP contribution in [0.25, 0.3) is 10.9 Å². The van der Waals surface area contributed by atoms with E-state index in [-0.39, 0.29) is 23.6 Å². The van der Waals surface area contributed by atoms with Gasteiger partial charge in [0.1, 0.15) is 0 Å². The minimum absolute atomic E-state index is 0. The quantitative estimate of drug-likeness (QED) is 0.309. The van der Waals surface area contributed by atoms with Gasteiger partial charge in [-0.05, 0) is 43.7 Å². The number of nitrogens with one attached hydrogen (secondary N) is 2. The molecule has 0 aliphatic heterocycles. The molecule has 2 aromatic heterocycles. The van der Waals surface area contributed by atoms with Gasteiger partial charge in [-0.3, -0.25) is 9.78 Å². The van der Waals surface area contributed by atoms with Gasteiger partial charge in [-0.1, -0.05) is 37.3 Å². The summed E-state index contributed by atoms with van der Waals surface area (Å²) in [6.45, 7) is 2.51. The molecule has 0 radical (unpaired) electrons. The van der Waals surface area contributed by atoms with E-state index in [0.29, 0.717) is 11.6 Å². The van der Waals surface area contributed by atoms with Gasteiger partial charge in [0.05, 0.1) is 5.52 Å². The molecular weight excluding hydrogens is 447 g/mol. The molecule has 0 spiro atoms. The van der Waals surface area contributed by atoms with E-state index in [1.807, 2.05) is 37.5 Å². The third kappa shape index (κ3) is 7.69. The van der Waals surface area contributed by atoms with Crippen LogP contribution >= 0.6 is 24.0 Å². The van der Waals surface area contributed by atoms with Crippen molar-refractivity contribution in [1.29, 1.82) is 0 Å². The molecule has 0 unspecified atom stereocenters. The molecule has 0 amide bonds. The Morgan fingerprint density at radius 3 is 2.53 bits per heavy atom. The molecule has 0 aliphatic rings. The second-order valence-electron chi connectivity index (χ2n) is 7.87. The zero-order valence-corrected chi connectivity index (χ0v) is 20.0. The summed E-state index contributed by atoms with van der Waals surface area (Å²) in [5, 5.41) is 18.1. The largest absolute Gasteiger partial charge is 0.503 e. The number of pyridine rings is 2. The van der Waals surface area contributed by atoms with E-state index in [1.54, 1.807) is 4.57 Å². The van der Waals surface area contributed by atoms with Gasteiger partial charge in [0.2, 0.25) is 5.43 Å². The molecule has 174 valence electrons. The fraction of sp³-hybridized carbons (Fsp3) is 0.417. The minimum atomic E-state index is -0.328. The maximum Gasteiger partial charge on any atom is 0.223 e. The van der Waals surface area contributed by atoms with Crippen LogP contribution in [0.4, 0.5) is 5.69 Å². The maximum atomic E-state index is 11.5. The van der Waals surface area contributed by atoms with Gasteiger partial charge in [0.15, 0.2) is 5.75 Å². The average Bonchev–Trinajstić information content (AvgIpc) is 2.75. The Morgan fingerprint density at radius 1 is 1.03 bits per heavy atom. The topological polar surface area (TPSA) is 79.2 Å². The van der Waals surface area contributed by atoms with E-state index in [1.165, 1.54) is 37.9 Å². The lowest BCUT2D eigenvalue weighted by molar-refractivity contribution is 0.461. The molecule has 0 saturated heterocycles. The molecule has 0 bridgehead atoms. The van der Waals surface area contributed by atoms with Crippen LogP contribution in [-0.2, 0) is 13.6 Å². The first-order chi connectivity index (χ1) is 15.0. The summed E-state index contributed by atoms with van der Waals surface area (Å²) in [7, 11) is 1.83. The SMILES string of the molecule is Cl.Cn1cc(O)c(=O)cc1CNCCCCCCCCNc1ccnc2cc(Cl)ccc12. The van der Waals surface area contributed by atoms with Crippen molar-refractivity contribution >= 4 is 40.6 Å². The van der Waals surface area contributed by atoms with Gasteiger partial charge in [-0.25, -0.2) is 0 Å². The Bertz CT molecular complexity index is 1060. The van der Waals surface area contributed by atoms with Gasteiger partial charge < -0.3 is 20.3 Å². The molecule has 0 saturated carbocycles. The monoisotopic (exact) mass is 478 g/mol. The van der Waals surface area contributed by atoms with Gasteiger partial charge in [-0.15, -0.1) is 12.4 Å². The number of halogens is 2. The number of anilines is 1. The van der Waals surface area contributed by atoms with Crippen molar-refractivity contribution in [2.24, 2.45) is 7.05 Å². The normalized spacial score (nSPS) is 10.8. The fourth-order valence-corrected chi connectivity index (χ4v) is 3.80. The van der Waals surface area contributed by atoms with Crippen molar-refractivity contribution in [1.82, 2.24) is 14.9 Å². The van der Waals surface area contributed by atoms with Crippen molar-refractivity contribution < 1.29 is 5.11 Å². The summed E-state index contributed by atoms with van der Waals surface area (Å²) < 4.78 is 1.78. The number of fused-ring (bicyclic) bond motifs is 1. The zero-order valence-electron chi connectivity index (χ0n) is 18.4. The predicted octanol–water partition coefficient (Wildman–Crippen LogP) is 5.26. The van der Waals surface area contributed by atoms with Crippen LogP contribution < -0.4 is 16.1 Å². The number of unbranched alkanes of at least 4 members (excludes halogenated alkanes) is 5. The number of hydrogen-bond acceptors (Lipinski definition) is 5. The Kier molecular flexibility index (Phi) is 10.8. The summed E-state index contributed by atoms with van der Waals surface area (Å²) in [4.78, 5) is 15.9. The number of nitrogens with zero attached hydrogens (tertiary/aromatic N) is 2. The zero-order chi connectivity index (χ0) is 22.1. The molecule has 3 N–H and O–H groups in total. The van der Waals surface area contributed by atoms with E-state index in [2.05, 4.69) is 15.6 Å². The highest BCUT2D eigenvalue weighted by Crippen LogP contribution is 2.24. The molecule has 3 aromatic rings. The van der Waals surface area contributed by atoms with Crippen LogP contribution in [-0.4, -0.2) is 27.7 Å². The highest BCUT2D eigenvalue weighted by Gasteiger charge is 2.03. The molecule has 8 heteroatoms. The van der Waals surface area contributed by atoms with Crippen LogP contribution in [0.5, 0.6) is 5.75 Å². The standard InChI is InChI=1S/C24H31ClN4O2.ClH/c1-29-17-24(31)23(30)15-19(29)16-26-11-6-4-2-3-5-7-12-27-21-10-13-28-22-14-18(25)8-9-20(21)22;/h8-10,13-15,17,26,31H,2-7,11-12,16H2,1H3,(H,27,28);1H. The molecule has 32 heavy (non-hydrogen) atoms. The molecule has 2 heterocycles. The molecule has 3 rings (SSSR count). The first-order valence-corrected chi connectivity index (χ1v) is 11.3. The molecule has 0 fully saturated rings. The van der Waals surface area contributed by atoms with E-state index < -0.39 is 0 Å². The number of hydrogen-bond donors (Lipinski definition) is 3. The van der Waals surface area contributed by atoms with Gasteiger partial charge in [0.25, 0.3) is 0 Å². The van der Waals surface area contributed by atoms with Crippen molar-refractivity contribution in [2.45, 2.75) is 45.1 Å². The highest BCUT2D eigenvalue weighted by molar-refractivity contribution is 6.31. The van der Waals surface area contributed by atoms with E-state index >= 15 is 0 Å². The Morgan fingerprint density at radius 2 is 1.75 bits per heavy atom. The third-order valence-electron chi connectivity index (χ3n) is 5.43. The van der Waals surface area contributed by atoms with E-state index in [9.17, 15) is 9.90 Å². The van der Waals surface area contributed by atoms with Gasteiger partial charge in [0, 0.05) is 60.4 Å². The first kappa shape index (κ1) is 26.0. The van der Waals surface area contributed by atoms with Crippen LogP contribution in [0, 0.1) is 0 Å².